The Labute approximate surface area is 100 Å². The predicted octanol–water partition coefficient (Wildman–Crippen LogP) is 0.167. The quantitative estimate of drug-likeness (QED) is 0.535. The molecule has 2 atom stereocenters. The Bertz CT molecular complexity index is 300. The van der Waals surface area contributed by atoms with E-state index in [-0.39, 0.29) is 6.54 Å². The molecule has 0 radical (unpaired) electrons. The smallest absolute Gasteiger partial charge is 0.337 e. The van der Waals surface area contributed by atoms with Gasteiger partial charge in [0.2, 0.25) is 0 Å². The van der Waals surface area contributed by atoms with Gasteiger partial charge in [-0.15, -0.1) is 0 Å². The predicted molar refractivity (Wildman–Crippen MR) is 61.5 cm³/mol. The van der Waals surface area contributed by atoms with Crippen LogP contribution >= 0.6 is 0 Å². The highest BCUT2D eigenvalue weighted by atomic mass is 16.4. The van der Waals surface area contributed by atoms with E-state index in [2.05, 4.69) is 17.6 Å². The van der Waals surface area contributed by atoms with Gasteiger partial charge in [0.25, 0.3) is 0 Å². The fraction of sp³-hybridized carbons (Fsp3) is 0.818. The van der Waals surface area contributed by atoms with E-state index in [1.165, 1.54) is 12.8 Å². The second kappa shape index (κ2) is 5.35. The summed E-state index contributed by atoms with van der Waals surface area (Å²) in [6, 6.07) is -0.445. The monoisotopic (exact) mass is 244 g/mol. The summed E-state index contributed by atoms with van der Waals surface area (Å²) < 4.78 is 0. The molecule has 98 valence electrons. The number of urea groups is 1. The molecule has 2 amide bonds. The van der Waals surface area contributed by atoms with Crippen LogP contribution in [0.1, 0.15) is 26.7 Å². The molecule has 0 aliphatic heterocycles. The van der Waals surface area contributed by atoms with Crippen LogP contribution in [0.25, 0.3) is 0 Å². The minimum Gasteiger partial charge on any atom is -0.479 e. The molecule has 0 saturated heterocycles. The molecule has 1 rings (SSSR count). The maximum absolute atomic E-state index is 11.3. The van der Waals surface area contributed by atoms with Crippen LogP contribution in [-0.4, -0.2) is 40.9 Å². The van der Waals surface area contributed by atoms with Gasteiger partial charge < -0.3 is 20.8 Å². The number of rotatable bonds is 6. The highest BCUT2D eigenvalue weighted by Gasteiger charge is 2.31. The van der Waals surface area contributed by atoms with Gasteiger partial charge in [0.15, 0.2) is 5.60 Å². The Balaban J connectivity index is 2.18. The molecule has 0 spiro atoms. The summed E-state index contributed by atoms with van der Waals surface area (Å²) in [5.74, 6) is -0.206. The van der Waals surface area contributed by atoms with Crippen molar-refractivity contribution in [3.05, 3.63) is 0 Å². The van der Waals surface area contributed by atoms with Crippen LogP contribution in [0.4, 0.5) is 4.79 Å². The molecule has 0 bridgehead atoms. The minimum atomic E-state index is -1.93. The molecule has 0 aromatic rings. The minimum absolute atomic E-state index is 0.314. The number of aliphatic hydroxyl groups is 1. The van der Waals surface area contributed by atoms with Crippen LogP contribution in [0, 0.1) is 11.8 Å². The summed E-state index contributed by atoms with van der Waals surface area (Å²) in [5, 5.41) is 23.0. The highest BCUT2D eigenvalue weighted by Crippen LogP contribution is 2.35. The van der Waals surface area contributed by atoms with Crippen molar-refractivity contribution in [2.24, 2.45) is 11.8 Å². The van der Waals surface area contributed by atoms with Crippen molar-refractivity contribution in [2.75, 3.05) is 13.1 Å². The first-order valence-corrected chi connectivity index (χ1v) is 5.80. The molecule has 0 aromatic carbocycles. The first-order valence-electron chi connectivity index (χ1n) is 5.80. The molecular weight excluding hydrogens is 224 g/mol. The van der Waals surface area contributed by atoms with Gasteiger partial charge in [-0.1, -0.05) is 6.92 Å². The Hall–Kier alpha value is -1.30. The molecular formula is C11H20N2O4. The third-order valence-electron chi connectivity index (χ3n) is 3.07. The molecule has 1 aliphatic rings. The van der Waals surface area contributed by atoms with Crippen molar-refractivity contribution >= 4 is 12.0 Å². The lowest BCUT2D eigenvalue weighted by Gasteiger charge is -2.19. The van der Waals surface area contributed by atoms with Crippen molar-refractivity contribution in [3.8, 4) is 0 Å². The number of carboxylic acids is 1. The number of carbonyl (C=O) groups excluding carboxylic acids is 1. The molecule has 17 heavy (non-hydrogen) atoms. The van der Waals surface area contributed by atoms with Gasteiger partial charge in [-0.25, -0.2) is 9.59 Å². The molecule has 0 heterocycles. The standard InChI is InChI=1S/C11H20N2O4/c1-7(8-3-4-8)5-12-10(16)13-6-11(2,17)9(14)15/h7-8,17H,3-6H2,1-2H3,(H,14,15)(H2,12,13,16). The van der Waals surface area contributed by atoms with Gasteiger partial charge in [-0.05, 0) is 31.6 Å². The van der Waals surface area contributed by atoms with Crippen LogP contribution in [0.15, 0.2) is 0 Å². The second-order valence-corrected chi connectivity index (χ2v) is 4.96. The van der Waals surface area contributed by atoms with Crippen LogP contribution < -0.4 is 10.6 Å². The zero-order chi connectivity index (χ0) is 13.1. The van der Waals surface area contributed by atoms with E-state index in [0.29, 0.717) is 18.4 Å². The maximum Gasteiger partial charge on any atom is 0.337 e. The third kappa shape index (κ3) is 4.60. The summed E-state index contributed by atoms with van der Waals surface area (Å²) in [4.78, 5) is 21.9. The zero-order valence-corrected chi connectivity index (χ0v) is 10.2. The van der Waals surface area contributed by atoms with Gasteiger partial charge in [0.1, 0.15) is 0 Å². The second-order valence-electron chi connectivity index (χ2n) is 4.96. The van der Waals surface area contributed by atoms with Gasteiger partial charge >= 0.3 is 12.0 Å². The number of carboxylic acid groups (broad SMARTS) is 1. The average molecular weight is 244 g/mol. The largest absolute Gasteiger partial charge is 0.479 e. The molecule has 6 nitrogen and oxygen atoms in total. The van der Waals surface area contributed by atoms with Crippen molar-refractivity contribution in [1.82, 2.24) is 10.6 Å². The lowest BCUT2D eigenvalue weighted by Crippen LogP contribution is -2.49. The zero-order valence-electron chi connectivity index (χ0n) is 10.2. The lowest BCUT2D eigenvalue weighted by molar-refractivity contribution is -0.155. The van der Waals surface area contributed by atoms with Crippen LogP contribution in [0.2, 0.25) is 0 Å². The molecule has 1 aliphatic carbocycles. The maximum atomic E-state index is 11.3. The molecule has 4 N–H and O–H groups in total. The molecule has 1 fully saturated rings. The van der Waals surface area contributed by atoms with Crippen LogP contribution in [0.5, 0.6) is 0 Å². The van der Waals surface area contributed by atoms with Gasteiger partial charge in [0, 0.05) is 6.54 Å². The normalized spacial score (nSPS) is 20.2. The SMILES string of the molecule is CC(CNC(=O)NCC(C)(O)C(=O)O)C1CC1. The molecule has 2 unspecified atom stereocenters. The topological polar surface area (TPSA) is 98.7 Å². The average Bonchev–Trinajstić information content (AvgIpc) is 3.06. The summed E-state index contributed by atoms with van der Waals surface area (Å²) in [7, 11) is 0. The summed E-state index contributed by atoms with van der Waals surface area (Å²) in [6.45, 7) is 3.48. The van der Waals surface area contributed by atoms with Crippen molar-refractivity contribution in [3.63, 3.8) is 0 Å². The van der Waals surface area contributed by atoms with Gasteiger partial charge in [-0.2, -0.15) is 0 Å². The van der Waals surface area contributed by atoms with E-state index in [0.717, 1.165) is 6.92 Å². The van der Waals surface area contributed by atoms with E-state index in [1.54, 1.807) is 0 Å². The Morgan fingerprint density at radius 2 is 2.00 bits per heavy atom. The van der Waals surface area contributed by atoms with Crippen LogP contribution in [0.3, 0.4) is 0 Å². The molecule has 1 saturated carbocycles. The van der Waals surface area contributed by atoms with E-state index in [9.17, 15) is 14.7 Å². The van der Waals surface area contributed by atoms with E-state index in [1.807, 2.05) is 0 Å². The summed E-state index contributed by atoms with van der Waals surface area (Å²) in [5.41, 5.74) is -1.93. The van der Waals surface area contributed by atoms with Crippen molar-refractivity contribution < 1.29 is 19.8 Å². The first-order chi connectivity index (χ1) is 7.83. The molecule has 0 aromatic heterocycles. The van der Waals surface area contributed by atoms with Crippen molar-refractivity contribution in [1.29, 1.82) is 0 Å². The number of carbonyl (C=O) groups is 2. The lowest BCUT2D eigenvalue weighted by atomic mass is 10.1. The summed E-state index contributed by atoms with van der Waals surface area (Å²) >= 11 is 0. The molecule has 6 heteroatoms. The van der Waals surface area contributed by atoms with E-state index < -0.39 is 17.6 Å². The number of hydrogen-bond acceptors (Lipinski definition) is 3. The van der Waals surface area contributed by atoms with Crippen molar-refractivity contribution in [2.45, 2.75) is 32.3 Å². The number of nitrogens with one attached hydrogen (secondary N) is 2. The first kappa shape index (κ1) is 13.8. The fourth-order valence-corrected chi connectivity index (χ4v) is 1.48. The third-order valence-corrected chi connectivity index (χ3v) is 3.07. The number of hydrogen-bond donors (Lipinski definition) is 4. The van der Waals surface area contributed by atoms with E-state index >= 15 is 0 Å². The van der Waals surface area contributed by atoms with Crippen LogP contribution in [-0.2, 0) is 4.79 Å². The Morgan fingerprint density at radius 1 is 1.41 bits per heavy atom. The summed E-state index contributed by atoms with van der Waals surface area (Å²) in [6.07, 6.45) is 2.44. The Kier molecular flexibility index (Phi) is 4.34. The van der Waals surface area contributed by atoms with Gasteiger partial charge in [-0.3, -0.25) is 0 Å². The highest BCUT2D eigenvalue weighted by molar-refractivity contribution is 5.79. The Morgan fingerprint density at radius 3 is 2.47 bits per heavy atom. The number of amides is 2. The van der Waals surface area contributed by atoms with E-state index in [4.69, 9.17) is 5.11 Å². The van der Waals surface area contributed by atoms with Gasteiger partial charge in [0.05, 0.1) is 6.54 Å². The number of aliphatic carboxylic acids is 1. The fourth-order valence-electron chi connectivity index (χ4n) is 1.48.